The van der Waals surface area contributed by atoms with Crippen LogP contribution in [0, 0.1) is 0 Å². The molecule has 1 heterocycles. The van der Waals surface area contributed by atoms with Crippen molar-refractivity contribution in [1.29, 1.82) is 0 Å². The quantitative estimate of drug-likeness (QED) is 0.676. The van der Waals surface area contributed by atoms with E-state index in [0.717, 1.165) is 25.2 Å². The van der Waals surface area contributed by atoms with Crippen LogP contribution in [0.15, 0.2) is 24.3 Å². The molecule has 0 aromatic heterocycles. The standard InChI is InChI=1S/C15H21NOS.C2H2O4/c1-3-9-16(10-4-2)11-14-12-7-5-6-8-13(12)15(17)18-14;3-1(4)2(5)6/h5-8,14H,3-4,9-11H2,1-2H3;(H,3,4)(H,5,6)/p-2. The molecule has 0 aliphatic carbocycles. The van der Waals surface area contributed by atoms with Gasteiger partial charge >= 0.3 is 0 Å². The number of hydrogen-bond acceptors (Lipinski definition) is 7. The molecule has 2 rings (SSSR count). The third-order valence-electron chi connectivity index (χ3n) is 3.45. The number of carbonyl (C=O) groups excluding carboxylic acids is 3. The average molecular weight is 351 g/mol. The zero-order chi connectivity index (χ0) is 18.1. The lowest BCUT2D eigenvalue weighted by molar-refractivity contribution is -0.345. The Balaban J connectivity index is 0.000000413. The van der Waals surface area contributed by atoms with Gasteiger partial charge in [0, 0.05) is 12.1 Å². The van der Waals surface area contributed by atoms with Gasteiger partial charge in [0.2, 0.25) is 5.12 Å². The first-order valence-corrected chi connectivity index (χ1v) is 8.73. The van der Waals surface area contributed by atoms with Crippen molar-refractivity contribution in [1.82, 2.24) is 4.90 Å². The Morgan fingerprint density at radius 2 is 1.62 bits per heavy atom. The molecule has 0 bridgehead atoms. The number of carboxylic acids is 2. The molecule has 0 spiro atoms. The lowest BCUT2D eigenvalue weighted by Crippen LogP contribution is -2.42. The molecule has 0 radical (unpaired) electrons. The van der Waals surface area contributed by atoms with Crippen LogP contribution in [-0.2, 0) is 9.59 Å². The number of hydrogen-bond donors (Lipinski definition) is 0. The Labute approximate surface area is 145 Å². The van der Waals surface area contributed by atoms with E-state index < -0.39 is 11.9 Å². The van der Waals surface area contributed by atoms with Gasteiger partial charge in [-0.3, -0.25) is 4.79 Å². The number of rotatable bonds is 6. The molecule has 1 unspecified atom stereocenters. The molecule has 0 fully saturated rings. The molecule has 1 aromatic carbocycles. The monoisotopic (exact) mass is 351 g/mol. The molecule has 1 aromatic rings. The SMILES string of the molecule is CCCN(CCC)CC1SC(=O)c2ccccc21.O=C([O-])C(=O)[O-]. The van der Waals surface area contributed by atoms with Gasteiger partial charge in [0.25, 0.3) is 0 Å². The number of aliphatic carboxylic acids is 2. The summed E-state index contributed by atoms with van der Waals surface area (Å²) in [5, 5.41) is 18.4. The minimum Gasteiger partial charge on any atom is -0.543 e. The van der Waals surface area contributed by atoms with Crippen LogP contribution in [0.25, 0.3) is 0 Å². The number of thioether (sulfide) groups is 1. The lowest BCUT2D eigenvalue weighted by atomic mass is 10.1. The van der Waals surface area contributed by atoms with E-state index in [2.05, 4.69) is 24.8 Å². The van der Waals surface area contributed by atoms with Gasteiger partial charge < -0.3 is 24.7 Å². The Hall–Kier alpha value is -1.86. The van der Waals surface area contributed by atoms with Crippen molar-refractivity contribution in [2.45, 2.75) is 31.9 Å². The third kappa shape index (κ3) is 5.98. The number of carbonyl (C=O) groups is 3. The summed E-state index contributed by atoms with van der Waals surface area (Å²) < 4.78 is 0. The van der Waals surface area contributed by atoms with Crippen LogP contribution in [0.2, 0.25) is 0 Å². The van der Waals surface area contributed by atoms with E-state index in [0.29, 0.717) is 5.25 Å². The number of carboxylic acid groups (broad SMARTS) is 2. The molecule has 7 heteroatoms. The smallest absolute Gasteiger partial charge is 0.220 e. The highest BCUT2D eigenvalue weighted by Gasteiger charge is 2.30. The predicted molar refractivity (Wildman–Crippen MR) is 88.1 cm³/mol. The summed E-state index contributed by atoms with van der Waals surface area (Å²) in [4.78, 5) is 32.2. The van der Waals surface area contributed by atoms with E-state index in [1.807, 2.05) is 18.2 Å². The molecule has 6 nitrogen and oxygen atoms in total. The molecule has 1 aliphatic rings. The van der Waals surface area contributed by atoms with Crippen LogP contribution >= 0.6 is 11.8 Å². The maximum Gasteiger partial charge on any atom is 0.220 e. The molecule has 0 saturated carbocycles. The number of fused-ring (bicyclic) bond motifs is 1. The summed E-state index contributed by atoms with van der Waals surface area (Å²) in [5.74, 6) is -4.37. The van der Waals surface area contributed by atoms with Crippen molar-refractivity contribution < 1.29 is 24.6 Å². The van der Waals surface area contributed by atoms with E-state index >= 15 is 0 Å². The van der Waals surface area contributed by atoms with Crippen LogP contribution in [-0.4, -0.2) is 41.6 Å². The van der Waals surface area contributed by atoms with Gasteiger partial charge in [-0.1, -0.05) is 49.9 Å². The molecule has 132 valence electrons. The second kappa shape index (κ2) is 10.1. The second-order valence-corrected chi connectivity index (χ2v) is 6.53. The average Bonchev–Trinajstić information content (AvgIpc) is 2.85. The van der Waals surface area contributed by atoms with Crippen LogP contribution in [0.1, 0.15) is 47.9 Å². The van der Waals surface area contributed by atoms with E-state index in [9.17, 15) is 4.79 Å². The summed E-state index contributed by atoms with van der Waals surface area (Å²) in [5.41, 5.74) is 2.14. The van der Waals surface area contributed by atoms with Crippen molar-refractivity contribution >= 4 is 28.8 Å². The Morgan fingerprint density at radius 1 is 1.08 bits per heavy atom. The summed E-state index contributed by atoms with van der Waals surface area (Å²) in [6.07, 6.45) is 2.35. The zero-order valence-electron chi connectivity index (χ0n) is 13.8. The predicted octanol–water partition coefficient (Wildman–Crippen LogP) is 0.223. The summed E-state index contributed by atoms with van der Waals surface area (Å²) >= 11 is 1.49. The van der Waals surface area contributed by atoms with Gasteiger partial charge in [0.05, 0.1) is 17.2 Å². The summed E-state index contributed by atoms with van der Waals surface area (Å²) in [7, 11) is 0. The zero-order valence-corrected chi connectivity index (χ0v) is 14.6. The van der Waals surface area contributed by atoms with Gasteiger partial charge in [0.15, 0.2) is 0 Å². The third-order valence-corrected chi connectivity index (χ3v) is 4.57. The van der Waals surface area contributed by atoms with Crippen LogP contribution in [0.5, 0.6) is 0 Å². The van der Waals surface area contributed by atoms with Crippen LogP contribution in [0.4, 0.5) is 0 Å². The van der Waals surface area contributed by atoms with E-state index in [1.165, 1.54) is 30.2 Å². The fourth-order valence-corrected chi connectivity index (χ4v) is 3.71. The van der Waals surface area contributed by atoms with Crippen molar-refractivity contribution in [2.75, 3.05) is 19.6 Å². The van der Waals surface area contributed by atoms with Crippen molar-refractivity contribution in [2.24, 2.45) is 0 Å². The summed E-state index contributed by atoms with van der Waals surface area (Å²) in [6, 6.07) is 8.05. The van der Waals surface area contributed by atoms with Crippen LogP contribution in [0.3, 0.4) is 0 Å². The van der Waals surface area contributed by atoms with Gasteiger partial charge in [0.1, 0.15) is 0 Å². The summed E-state index contributed by atoms with van der Waals surface area (Å²) in [6.45, 7) is 7.67. The Morgan fingerprint density at radius 3 is 2.12 bits per heavy atom. The Kier molecular flexibility index (Phi) is 8.49. The molecule has 0 saturated heterocycles. The first kappa shape index (κ1) is 20.2. The van der Waals surface area contributed by atoms with Crippen molar-refractivity contribution in [3.8, 4) is 0 Å². The molecule has 1 aliphatic heterocycles. The molecular weight excluding hydrogens is 330 g/mol. The molecular formula is C17H21NO5S-2. The highest BCUT2D eigenvalue weighted by molar-refractivity contribution is 8.14. The number of nitrogens with zero attached hydrogens (tertiary/aromatic N) is 1. The van der Waals surface area contributed by atoms with Gasteiger partial charge in [-0.15, -0.1) is 0 Å². The fourth-order valence-electron chi connectivity index (χ4n) is 2.52. The minimum atomic E-state index is -2.19. The molecule has 1 atom stereocenters. The Bertz CT molecular complexity index is 572. The first-order valence-electron chi connectivity index (χ1n) is 7.85. The van der Waals surface area contributed by atoms with Crippen molar-refractivity contribution in [3.63, 3.8) is 0 Å². The highest BCUT2D eigenvalue weighted by Crippen LogP contribution is 2.41. The fraction of sp³-hybridized carbons (Fsp3) is 0.471. The normalized spacial score (nSPS) is 15.6. The molecule has 0 amide bonds. The second-order valence-electron chi connectivity index (χ2n) is 5.36. The largest absolute Gasteiger partial charge is 0.543 e. The maximum absolute atomic E-state index is 11.9. The van der Waals surface area contributed by atoms with Crippen LogP contribution < -0.4 is 10.2 Å². The maximum atomic E-state index is 11.9. The van der Waals surface area contributed by atoms with E-state index in [4.69, 9.17) is 19.8 Å². The number of benzene rings is 1. The molecule has 24 heavy (non-hydrogen) atoms. The van der Waals surface area contributed by atoms with E-state index in [1.54, 1.807) is 0 Å². The van der Waals surface area contributed by atoms with Crippen molar-refractivity contribution in [3.05, 3.63) is 35.4 Å². The lowest BCUT2D eigenvalue weighted by Gasteiger charge is -2.24. The first-order chi connectivity index (χ1) is 11.4. The minimum absolute atomic E-state index is 0.239. The van der Waals surface area contributed by atoms with Gasteiger partial charge in [-0.25, -0.2) is 0 Å². The topological polar surface area (TPSA) is 101 Å². The van der Waals surface area contributed by atoms with E-state index in [-0.39, 0.29) is 5.12 Å². The van der Waals surface area contributed by atoms with Gasteiger partial charge in [-0.05, 0) is 31.5 Å². The highest BCUT2D eigenvalue weighted by atomic mass is 32.2. The molecule has 0 N–H and O–H groups in total. The van der Waals surface area contributed by atoms with Gasteiger partial charge in [-0.2, -0.15) is 0 Å².